The maximum Gasteiger partial charge on any atom is 0.136 e. The van der Waals surface area contributed by atoms with Gasteiger partial charge in [-0.25, -0.2) is 4.52 Å². The summed E-state index contributed by atoms with van der Waals surface area (Å²) in [6, 6.07) is 1.86. The second kappa shape index (κ2) is 3.20. The van der Waals surface area contributed by atoms with Crippen LogP contribution in [0.25, 0.3) is 5.65 Å². The summed E-state index contributed by atoms with van der Waals surface area (Å²) in [5, 5.41) is 13.0. The molecule has 0 aliphatic carbocycles. The second-order valence-electron chi connectivity index (χ2n) is 2.88. The summed E-state index contributed by atoms with van der Waals surface area (Å²) in [6.45, 7) is 1.35. The molecule has 13 heavy (non-hydrogen) atoms. The van der Waals surface area contributed by atoms with Gasteiger partial charge < -0.3 is 15.4 Å². The number of aliphatic hydroxyl groups is 1. The summed E-state index contributed by atoms with van der Waals surface area (Å²) in [5.41, 5.74) is 7.10. The van der Waals surface area contributed by atoms with Gasteiger partial charge in [0, 0.05) is 31.5 Å². The van der Waals surface area contributed by atoms with Crippen LogP contribution in [-0.4, -0.2) is 25.8 Å². The number of fused-ring (bicyclic) bond motifs is 1. The van der Waals surface area contributed by atoms with Gasteiger partial charge in [-0.3, -0.25) is 0 Å². The molecule has 0 aliphatic rings. The third-order valence-corrected chi connectivity index (χ3v) is 1.98. The van der Waals surface area contributed by atoms with Crippen LogP contribution in [0.4, 0.5) is 0 Å². The second-order valence-corrected chi connectivity index (χ2v) is 2.88. The van der Waals surface area contributed by atoms with Crippen molar-refractivity contribution in [3.05, 3.63) is 24.2 Å². The zero-order valence-electron chi connectivity index (χ0n) is 7.22. The van der Waals surface area contributed by atoms with E-state index in [2.05, 4.69) is 5.10 Å². The predicted octanol–water partition coefficient (Wildman–Crippen LogP) is -0.413. The molecule has 0 spiro atoms. The lowest BCUT2D eigenvalue weighted by atomic mass is 10.4. The summed E-state index contributed by atoms with van der Waals surface area (Å²) in [6.07, 6.45) is 3.78. The molecule has 2 aromatic rings. The molecule has 3 N–H and O–H groups in total. The molecule has 2 rings (SSSR count). The van der Waals surface area contributed by atoms with Crippen LogP contribution >= 0.6 is 0 Å². The number of aliphatic hydroxyl groups excluding tert-OH is 1. The van der Waals surface area contributed by atoms with E-state index in [1.807, 2.05) is 23.0 Å². The van der Waals surface area contributed by atoms with Crippen molar-refractivity contribution in [3.8, 4) is 0 Å². The SMILES string of the molecule is NCCn1ccn2nc(CO)cc12. The first-order valence-corrected chi connectivity index (χ1v) is 4.19. The van der Waals surface area contributed by atoms with E-state index < -0.39 is 0 Å². The van der Waals surface area contributed by atoms with E-state index >= 15 is 0 Å². The Morgan fingerprint density at radius 2 is 2.31 bits per heavy atom. The van der Waals surface area contributed by atoms with Crippen LogP contribution in [0.15, 0.2) is 18.5 Å². The standard InChI is InChI=1S/C8H12N4O/c9-1-2-11-3-4-12-8(11)5-7(6-13)10-12/h3-5,13H,1-2,6,9H2. The van der Waals surface area contributed by atoms with Crippen molar-refractivity contribution in [2.45, 2.75) is 13.2 Å². The highest BCUT2D eigenvalue weighted by molar-refractivity contribution is 5.40. The Bertz CT molecular complexity index is 403. The summed E-state index contributed by atoms with van der Waals surface area (Å²) in [7, 11) is 0. The molecular weight excluding hydrogens is 168 g/mol. The normalized spacial score (nSPS) is 11.2. The van der Waals surface area contributed by atoms with Crippen molar-refractivity contribution >= 4 is 5.65 Å². The van der Waals surface area contributed by atoms with E-state index in [-0.39, 0.29) is 6.61 Å². The van der Waals surface area contributed by atoms with Crippen LogP contribution in [0.3, 0.4) is 0 Å². The lowest BCUT2D eigenvalue weighted by molar-refractivity contribution is 0.276. The molecule has 0 radical (unpaired) electrons. The quantitative estimate of drug-likeness (QED) is 0.674. The molecule has 0 saturated heterocycles. The van der Waals surface area contributed by atoms with E-state index in [1.165, 1.54) is 0 Å². The fourth-order valence-electron chi connectivity index (χ4n) is 1.38. The first kappa shape index (κ1) is 8.28. The highest BCUT2D eigenvalue weighted by Gasteiger charge is 2.04. The van der Waals surface area contributed by atoms with Crippen molar-refractivity contribution in [2.75, 3.05) is 6.54 Å². The zero-order valence-corrected chi connectivity index (χ0v) is 7.22. The summed E-state index contributed by atoms with van der Waals surface area (Å²) in [5.74, 6) is 0. The molecule has 70 valence electrons. The Hall–Kier alpha value is -1.33. The number of aromatic nitrogens is 3. The largest absolute Gasteiger partial charge is 0.390 e. The monoisotopic (exact) mass is 180 g/mol. The molecule has 5 heteroatoms. The van der Waals surface area contributed by atoms with Crippen LogP contribution in [0.2, 0.25) is 0 Å². The van der Waals surface area contributed by atoms with Gasteiger partial charge in [0.1, 0.15) is 5.65 Å². The molecule has 2 heterocycles. The number of hydrogen-bond donors (Lipinski definition) is 2. The molecule has 0 aromatic carbocycles. The number of nitrogens with two attached hydrogens (primary N) is 1. The minimum Gasteiger partial charge on any atom is -0.390 e. The topological polar surface area (TPSA) is 68.5 Å². The smallest absolute Gasteiger partial charge is 0.136 e. The minimum absolute atomic E-state index is 0.0235. The molecule has 5 nitrogen and oxygen atoms in total. The van der Waals surface area contributed by atoms with Gasteiger partial charge in [0.2, 0.25) is 0 Å². The van der Waals surface area contributed by atoms with Crippen LogP contribution in [-0.2, 0) is 13.2 Å². The molecule has 0 fully saturated rings. The Balaban J connectivity index is 2.46. The lowest BCUT2D eigenvalue weighted by Gasteiger charge is -1.97. The average Bonchev–Trinajstić information content (AvgIpc) is 2.67. The van der Waals surface area contributed by atoms with Crippen molar-refractivity contribution in [1.29, 1.82) is 0 Å². The van der Waals surface area contributed by atoms with E-state index in [1.54, 1.807) is 4.52 Å². The van der Waals surface area contributed by atoms with Gasteiger partial charge in [-0.05, 0) is 0 Å². The number of nitrogens with zero attached hydrogens (tertiary/aromatic N) is 3. The van der Waals surface area contributed by atoms with E-state index in [4.69, 9.17) is 10.8 Å². The Kier molecular flexibility index (Phi) is 2.03. The molecule has 0 amide bonds. The van der Waals surface area contributed by atoms with Crippen molar-refractivity contribution in [3.63, 3.8) is 0 Å². The van der Waals surface area contributed by atoms with Crippen molar-refractivity contribution in [1.82, 2.24) is 14.2 Å². The maximum atomic E-state index is 8.87. The Morgan fingerprint density at radius 1 is 1.46 bits per heavy atom. The Morgan fingerprint density at radius 3 is 3.00 bits per heavy atom. The van der Waals surface area contributed by atoms with Gasteiger partial charge in [-0.2, -0.15) is 5.10 Å². The first-order valence-electron chi connectivity index (χ1n) is 4.19. The van der Waals surface area contributed by atoms with Gasteiger partial charge in [0.15, 0.2) is 0 Å². The highest BCUT2D eigenvalue weighted by Crippen LogP contribution is 2.07. The van der Waals surface area contributed by atoms with E-state index in [0.717, 1.165) is 12.2 Å². The first-order chi connectivity index (χ1) is 6.35. The maximum absolute atomic E-state index is 8.87. The van der Waals surface area contributed by atoms with Crippen LogP contribution < -0.4 is 5.73 Å². The summed E-state index contributed by atoms with van der Waals surface area (Å²) >= 11 is 0. The number of rotatable bonds is 3. The third kappa shape index (κ3) is 1.32. The van der Waals surface area contributed by atoms with Crippen LogP contribution in [0.1, 0.15) is 5.69 Å². The molecule has 0 bridgehead atoms. The Labute approximate surface area is 75.4 Å². The van der Waals surface area contributed by atoms with E-state index in [9.17, 15) is 0 Å². The number of hydrogen-bond acceptors (Lipinski definition) is 3. The minimum atomic E-state index is -0.0235. The average molecular weight is 180 g/mol. The predicted molar refractivity (Wildman–Crippen MR) is 48.2 cm³/mol. The summed E-state index contributed by atoms with van der Waals surface area (Å²) in [4.78, 5) is 0. The molecule has 0 aliphatic heterocycles. The fraction of sp³-hybridized carbons (Fsp3) is 0.375. The van der Waals surface area contributed by atoms with Gasteiger partial charge in [0.25, 0.3) is 0 Å². The zero-order chi connectivity index (χ0) is 9.26. The number of imidazole rings is 1. The van der Waals surface area contributed by atoms with Gasteiger partial charge in [0.05, 0.1) is 12.3 Å². The van der Waals surface area contributed by atoms with Crippen LogP contribution in [0.5, 0.6) is 0 Å². The third-order valence-electron chi connectivity index (χ3n) is 1.98. The van der Waals surface area contributed by atoms with Crippen molar-refractivity contribution < 1.29 is 5.11 Å². The lowest BCUT2D eigenvalue weighted by Crippen LogP contribution is -2.08. The molecule has 0 unspecified atom stereocenters. The molecule has 2 aromatic heterocycles. The fourth-order valence-corrected chi connectivity index (χ4v) is 1.38. The molecular formula is C8H12N4O. The van der Waals surface area contributed by atoms with Crippen LogP contribution in [0, 0.1) is 0 Å². The van der Waals surface area contributed by atoms with Crippen molar-refractivity contribution in [2.24, 2.45) is 5.73 Å². The van der Waals surface area contributed by atoms with Gasteiger partial charge in [-0.15, -0.1) is 0 Å². The highest BCUT2D eigenvalue weighted by atomic mass is 16.3. The molecule has 0 atom stereocenters. The molecule has 0 saturated carbocycles. The van der Waals surface area contributed by atoms with Gasteiger partial charge in [-0.1, -0.05) is 0 Å². The van der Waals surface area contributed by atoms with E-state index in [0.29, 0.717) is 12.2 Å². The van der Waals surface area contributed by atoms with Gasteiger partial charge >= 0.3 is 0 Å². The summed E-state index contributed by atoms with van der Waals surface area (Å²) < 4.78 is 3.74.